The van der Waals surface area contributed by atoms with Gasteiger partial charge < -0.3 is 10.0 Å². The van der Waals surface area contributed by atoms with E-state index in [-0.39, 0.29) is 29.6 Å². The summed E-state index contributed by atoms with van der Waals surface area (Å²) in [5.74, 6) is 0. The summed E-state index contributed by atoms with van der Waals surface area (Å²) in [6, 6.07) is 0. The molecule has 0 radical (unpaired) electrons. The summed E-state index contributed by atoms with van der Waals surface area (Å²) in [5, 5.41) is 10.5. The molecule has 0 amide bonds. The van der Waals surface area contributed by atoms with Crippen LogP contribution in [0.2, 0.25) is 0 Å². The maximum absolute atomic E-state index is 10.5. The van der Waals surface area contributed by atoms with Crippen LogP contribution in [0.25, 0.3) is 0 Å². The molecule has 0 heterocycles. The van der Waals surface area contributed by atoms with Gasteiger partial charge in [0, 0.05) is 0 Å². The molecule has 0 rings (SSSR count). The monoisotopic (exact) mass is 125 g/mol. The van der Waals surface area contributed by atoms with Gasteiger partial charge in [-0.05, 0) is 14.1 Å². The van der Waals surface area contributed by atoms with Gasteiger partial charge in [-0.25, -0.2) is 0 Å². The Labute approximate surface area is 73.2 Å². The van der Waals surface area contributed by atoms with Crippen LogP contribution < -0.4 is 34.7 Å². The Morgan fingerprint density at radius 2 is 1.88 bits per heavy atom. The molecule has 0 aromatic heterocycles. The van der Waals surface area contributed by atoms with Crippen molar-refractivity contribution in [3.63, 3.8) is 0 Å². The van der Waals surface area contributed by atoms with E-state index in [2.05, 4.69) is 0 Å². The molecule has 0 aromatic carbocycles. The summed E-state index contributed by atoms with van der Waals surface area (Å²) in [7, 11) is 3.59. The van der Waals surface area contributed by atoms with Crippen molar-refractivity contribution in [1.29, 1.82) is 0 Å². The van der Waals surface area contributed by atoms with Crippen LogP contribution in [-0.2, 0) is 0 Å². The van der Waals surface area contributed by atoms with Crippen molar-refractivity contribution < 1.29 is 34.7 Å². The molecular weight excluding hydrogens is 113 g/mol. The Hall–Kier alpha value is 0.920. The maximum atomic E-state index is 10.5. The first-order valence-electron chi connectivity index (χ1n) is 2.50. The van der Waals surface area contributed by atoms with Gasteiger partial charge in [0.1, 0.15) is 0 Å². The van der Waals surface area contributed by atoms with E-state index in [0.29, 0.717) is 6.42 Å². The average molecular weight is 125 g/mol. The molecule has 1 unspecified atom stereocenters. The van der Waals surface area contributed by atoms with Gasteiger partial charge in [0.2, 0.25) is 0 Å². The second kappa shape index (κ2) is 6.05. The largest absolute Gasteiger partial charge is 1.00 e. The summed E-state index contributed by atoms with van der Waals surface area (Å²) in [5.41, 5.74) is 0. The number of nitrogens with zero attached hydrogens (tertiary/aromatic N) is 1. The van der Waals surface area contributed by atoms with Crippen molar-refractivity contribution in [1.82, 2.24) is 4.90 Å². The first-order chi connectivity index (χ1) is 3.18. The summed E-state index contributed by atoms with van der Waals surface area (Å²) >= 11 is 0. The smallest absolute Gasteiger partial charge is 0.841 e. The third-order valence-electron chi connectivity index (χ3n) is 0.925. The molecule has 0 aliphatic carbocycles. The third-order valence-corrected chi connectivity index (χ3v) is 0.925. The third kappa shape index (κ3) is 5.06. The van der Waals surface area contributed by atoms with Crippen molar-refractivity contribution >= 4 is 0 Å². The van der Waals surface area contributed by atoms with Crippen LogP contribution in [0.4, 0.5) is 0 Å². The van der Waals surface area contributed by atoms with Crippen LogP contribution in [0.15, 0.2) is 0 Å². The predicted molar refractivity (Wildman–Crippen MR) is 27.8 cm³/mol. The quantitative estimate of drug-likeness (QED) is 0.285. The Kier molecular flexibility index (Phi) is 8.83. The van der Waals surface area contributed by atoms with Crippen LogP contribution in [-0.4, -0.2) is 25.2 Å². The summed E-state index contributed by atoms with van der Waals surface area (Å²) in [6.07, 6.45) is 0.174. The number of hydrogen-bond acceptors (Lipinski definition) is 2. The van der Waals surface area contributed by atoms with Gasteiger partial charge in [-0.15, -0.1) is 0 Å². The van der Waals surface area contributed by atoms with Crippen molar-refractivity contribution in [3.05, 3.63) is 0 Å². The van der Waals surface area contributed by atoms with Crippen LogP contribution >= 0.6 is 0 Å². The zero-order valence-electron chi connectivity index (χ0n) is 6.14. The fourth-order valence-corrected chi connectivity index (χ4v) is 0.365. The number of rotatable bonds is 2. The Bertz CT molecular complexity index is 49.7. The summed E-state index contributed by atoms with van der Waals surface area (Å²) < 4.78 is 0. The molecule has 0 saturated carbocycles. The van der Waals surface area contributed by atoms with E-state index in [1.807, 2.05) is 6.92 Å². The second-order valence-corrected chi connectivity index (χ2v) is 1.83. The Morgan fingerprint density at radius 1 is 1.50 bits per heavy atom. The zero-order valence-corrected chi connectivity index (χ0v) is 8.14. The van der Waals surface area contributed by atoms with Crippen molar-refractivity contribution in [2.45, 2.75) is 19.6 Å². The predicted octanol–water partition coefficient (Wildman–Crippen LogP) is -3.35. The maximum Gasteiger partial charge on any atom is 1.00 e. The Balaban J connectivity index is 0. The van der Waals surface area contributed by atoms with Gasteiger partial charge in [0.05, 0.1) is 0 Å². The topological polar surface area (TPSA) is 26.3 Å². The van der Waals surface area contributed by atoms with Crippen LogP contribution in [0.1, 0.15) is 13.3 Å². The van der Waals surface area contributed by atoms with Crippen LogP contribution in [0, 0.1) is 0 Å². The van der Waals surface area contributed by atoms with Gasteiger partial charge >= 0.3 is 29.6 Å². The molecule has 44 valence electrons. The van der Waals surface area contributed by atoms with Gasteiger partial charge in [-0.2, -0.15) is 0 Å². The van der Waals surface area contributed by atoms with Crippen molar-refractivity contribution in [2.24, 2.45) is 0 Å². The SMILES string of the molecule is CCC([O-])N(C)C.[Na+]. The minimum absolute atomic E-state index is 0. The molecule has 0 N–H and O–H groups in total. The van der Waals surface area contributed by atoms with E-state index >= 15 is 0 Å². The van der Waals surface area contributed by atoms with Gasteiger partial charge in [-0.3, -0.25) is 0 Å². The standard InChI is InChI=1S/C5H12NO.Na/c1-4-5(7)6(2)3;/h5H,4H2,1-3H3;/q-1;+1. The number of hydrogen-bond donors (Lipinski definition) is 0. The summed E-state index contributed by atoms with van der Waals surface area (Å²) in [4.78, 5) is 1.67. The molecule has 0 fully saturated rings. The molecule has 1 atom stereocenters. The molecule has 0 aliphatic heterocycles. The van der Waals surface area contributed by atoms with E-state index in [1.165, 1.54) is 0 Å². The van der Waals surface area contributed by atoms with Gasteiger partial charge in [-0.1, -0.05) is 19.6 Å². The average Bonchev–Trinajstić information content (AvgIpc) is 1.65. The minimum Gasteiger partial charge on any atom is -0.841 e. The normalized spacial score (nSPS) is 13.1. The van der Waals surface area contributed by atoms with Crippen LogP contribution in [0.3, 0.4) is 0 Å². The molecule has 0 bridgehead atoms. The van der Waals surface area contributed by atoms with E-state index < -0.39 is 6.23 Å². The van der Waals surface area contributed by atoms with E-state index in [4.69, 9.17) is 0 Å². The minimum atomic E-state index is -0.514. The zero-order chi connectivity index (χ0) is 5.86. The molecule has 3 heteroatoms. The van der Waals surface area contributed by atoms with Gasteiger partial charge in [0.25, 0.3) is 0 Å². The fourth-order valence-electron chi connectivity index (χ4n) is 0.365. The van der Waals surface area contributed by atoms with Crippen LogP contribution in [0.5, 0.6) is 0 Å². The van der Waals surface area contributed by atoms with Crippen molar-refractivity contribution in [3.8, 4) is 0 Å². The first-order valence-corrected chi connectivity index (χ1v) is 2.50. The van der Waals surface area contributed by atoms with E-state index in [9.17, 15) is 5.11 Å². The molecule has 8 heavy (non-hydrogen) atoms. The molecular formula is C5H12NNaO. The molecule has 0 spiro atoms. The van der Waals surface area contributed by atoms with E-state index in [1.54, 1.807) is 19.0 Å². The molecule has 0 saturated heterocycles. The van der Waals surface area contributed by atoms with E-state index in [0.717, 1.165) is 0 Å². The summed E-state index contributed by atoms with van der Waals surface area (Å²) in [6.45, 7) is 1.89. The molecule has 0 aliphatic rings. The fraction of sp³-hybridized carbons (Fsp3) is 1.00. The Morgan fingerprint density at radius 3 is 1.88 bits per heavy atom. The molecule has 2 nitrogen and oxygen atoms in total. The second-order valence-electron chi connectivity index (χ2n) is 1.83. The van der Waals surface area contributed by atoms with Crippen molar-refractivity contribution in [2.75, 3.05) is 14.1 Å². The molecule has 0 aromatic rings. The van der Waals surface area contributed by atoms with Gasteiger partial charge in [0.15, 0.2) is 0 Å². The first kappa shape index (κ1) is 11.7.